The zero-order valence-electron chi connectivity index (χ0n) is 16.4. The van der Waals surface area contributed by atoms with Crippen LogP contribution in [0.3, 0.4) is 0 Å². The Morgan fingerprint density at radius 2 is 1.54 bits per heavy atom. The van der Waals surface area contributed by atoms with E-state index in [1.807, 2.05) is 53.7 Å². The van der Waals surface area contributed by atoms with Crippen LogP contribution in [0.1, 0.15) is 71.1 Å². The largest absolute Gasteiger partial charge is 0.507 e. The standard InChI is InChI=1S/C20H29N3O3/c1-19(2,3)14-9-12(10-15(16(14)24)20(4,5)6)11-21-23-18(26)17(25)22-13-7-8-13/h9-11,13,24H,7-8H2,1-6H3,(H,22,25)(H,23,26)/b21-11+. The lowest BCUT2D eigenvalue weighted by molar-refractivity contribution is -0.139. The van der Waals surface area contributed by atoms with Crippen LogP contribution >= 0.6 is 0 Å². The van der Waals surface area contributed by atoms with E-state index >= 15 is 0 Å². The van der Waals surface area contributed by atoms with Gasteiger partial charge in [-0.05, 0) is 41.4 Å². The molecule has 2 rings (SSSR count). The second kappa shape index (κ2) is 7.09. The summed E-state index contributed by atoms with van der Waals surface area (Å²) in [6, 6.07) is 3.83. The molecular formula is C20H29N3O3. The number of hydrogen-bond acceptors (Lipinski definition) is 4. The van der Waals surface area contributed by atoms with E-state index < -0.39 is 11.8 Å². The van der Waals surface area contributed by atoms with Crippen molar-refractivity contribution < 1.29 is 14.7 Å². The van der Waals surface area contributed by atoms with Crippen LogP contribution in [0.4, 0.5) is 0 Å². The molecule has 3 N–H and O–H groups in total. The van der Waals surface area contributed by atoms with Crippen LogP contribution in [-0.2, 0) is 20.4 Å². The van der Waals surface area contributed by atoms with Gasteiger partial charge in [0, 0.05) is 17.2 Å². The maximum atomic E-state index is 11.7. The molecule has 1 saturated carbocycles. The second-order valence-corrected chi connectivity index (χ2v) is 8.91. The molecule has 0 unspecified atom stereocenters. The quantitative estimate of drug-likeness (QED) is 0.440. The van der Waals surface area contributed by atoms with E-state index in [9.17, 15) is 14.7 Å². The second-order valence-electron chi connectivity index (χ2n) is 8.91. The van der Waals surface area contributed by atoms with Gasteiger partial charge in [-0.25, -0.2) is 5.43 Å². The van der Waals surface area contributed by atoms with E-state index in [2.05, 4.69) is 15.8 Å². The number of nitrogens with zero attached hydrogens (tertiary/aromatic N) is 1. The molecule has 1 aliphatic carbocycles. The van der Waals surface area contributed by atoms with Crippen molar-refractivity contribution in [3.63, 3.8) is 0 Å². The highest BCUT2D eigenvalue weighted by Crippen LogP contribution is 2.39. The number of carbonyl (C=O) groups excluding carboxylic acids is 2. The fourth-order valence-corrected chi connectivity index (χ4v) is 2.57. The fourth-order valence-electron chi connectivity index (χ4n) is 2.57. The molecule has 26 heavy (non-hydrogen) atoms. The molecule has 0 aromatic heterocycles. The average molecular weight is 359 g/mol. The fraction of sp³-hybridized carbons (Fsp3) is 0.550. The van der Waals surface area contributed by atoms with E-state index in [0.29, 0.717) is 0 Å². The van der Waals surface area contributed by atoms with Crippen molar-refractivity contribution in [2.24, 2.45) is 5.10 Å². The van der Waals surface area contributed by atoms with Crippen LogP contribution in [-0.4, -0.2) is 29.2 Å². The van der Waals surface area contributed by atoms with Gasteiger partial charge < -0.3 is 10.4 Å². The summed E-state index contributed by atoms with van der Waals surface area (Å²) in [6.07, 6.45) is 3.33. The van der Waals surface area contributed by atoms with Gasteiger partial charge in [-0.1, -0.05) is 41.5 Å². The van der Waals surface area contributed by atoms with Crippen molar-refractivity contribution in [3.8, 4) is 5.75 Å². The summed E-state index contributed by atoms with van der Waals surface area (Å²) in [6.45, 7) is 12.2. The summed E-state index contributed by atoms with van der Waals surface area (Å²) in [7, 11) is 0. The SMILES string of the molecule is CC(C)(C)c1cc(/C=N/NC(=O)C(=O)NC2CC2)cc(C(C)(C)C)c1O. The highest BCUT2D eigenvalue weighted by molar-refractivity contribution is 6.35. The Morgan fingerprint density at radius 3 is 1.96 bits per heavy atom. The lowest BCUT2D eigenvalue weighted by Crippen LogP contribution is -2.38. The highest BCUT2D eigenvalue weighted by Gasteiger charge is 2.27. The lowest BCUT2D eigenvalue weighted by atomic mass is 9.78. The number of amides is 2. The summed E-state index contributed by atoms with van der Waals surface area (Å²) >= 11 is 0. The number of benzene rings is 1. The summed E-state index contributed by atoms with van der Waals surface area (Å²) in [5, 5.41) is 17.2. The van der Waals surface area contributed by atoms with Crippen LogP contribution in [0.2, 0.25) is 0 Å². The van der Waals surface area contributed by atoms with Crippen molar-refractivity contribution in [3.05, 3.63) is 28.8 Å². The molecule has 142 valence electrons. The minimum absolute atomic E-state index is 0.123. The molecule has 1 aromatic carbocycles. The van der Waals surface area contributed by atoms with Crippen molar-refractivity contribution in [2.75, 3.05) is 0 Å². The van der Waals surface area contributed by atoms with Crippen LogP contribution in [0.25, 0.3) is 0 Å². The molecule has 0 aliphatic heterocycles. The zero-order valence-corrected chi connectivity index (χ0v) is 16.4. The predicted octanol–water partition coefficient (Wildman–Crippen LogP) is 2.72. The number of hydrogen-bond donors (Lipinski definition) is 3. The van der Waals surface area contributed by atoms with Crippen LogP contribution in [0.15, 0.2) is 17.2 Å². The monoisotopic (exact) mass is 359 g/mol. The third-order valence-electron chi connectivity index (χ3n) is 4.25. The molecule has 0 radical (unpaired) electrons. The van der Waals surface area contributed by atoms with Crippen LogP contribution in [0.5, 0.6) is 5.75 Å². The van der Waals surface area contributed by atoms with Gasteiger partial charge in [0.25, 0.3) is 0 Å². The van der Waals surface area contributed by atoms with Gasteiger partial charge in [-0.3, -0.25) is 9.59 Å². The number of hydrazone groups is 1. The predicted molar refractivity (Wildman–Crippen MR) is 102 cm³/mol. The molecule has 0 atom stereocenters. The number of rotatable bonds is 3. The summed E-state index contributed by atoms with van der Waals surface area (Å²) < 4.78 is 0. The first-order valence-corrected chi connectivity index (χ1v) is 8.91. The molecule has 0 bridgehead atoms. The number of phenolic OH excluding ortho intramolecular Hbond substituents is 1. The Hall–Kier alpha value is -2.37. The van der Waals surface area contributed by atoms with Crippen LogP contribution < -0.4 is 10.7 Å². The Morgan fingerprint density at radius 1 is 1.04 bits per heavy atom. The number of carbonyl (C=O) groups is 2. The van der Waals surface area contributed by atoms with Gasteiger partial charge in [0.05, 0.1) is 6.21 Å². The molecule has 1 aromatic rings. The summed E-state index contributed by atoms with van der Waals surface area (Å²) in [5.74, 6) is -1.16. The molecular weight excluding hydrogens is 330 g/mol. The topological polar surface area (TPSA) is 90.8 Å². The van der Waals surface area contributed by atoms with Crippen molar-refractivity contribution >= 4 is 18.0 Å². The highest BCUT2D eigenvalue weighted by atomic mass is 16.3. The number of phenols is 1. The van der Waals surface area contributed by atoms with Gasteiger partial charge in [-0.2, -0.15) is 5.10 Å². The molecule has 2 amide bonds. The first-order chi connectivity index (χ1) is 11.9. The van der Waals surface area contributed by atoms with Crippen molar-refractivity contribution in [2.45, 2.75) is 71.3 Å². The normalized spacial score (nSPS) is 15.2. The average Bonchev–Trinajstić information content (AvgIpc) is 3.30. The van der Waals surface area contributed by atoms with E-state index in [1.54, 1.807) is 0 Å². The van der Waals surface area contributed by atoms with Gasteiger partial charge >= 0.3 is 11.8 Å². The summed E-state index contributed by atoms with van der Waals surface area (Å²) in [5.41, 5.74) is 4.12. The van der Waals surface area contributed by atoms with Crippen molar-refractivity contribution in [1.82, 2.24) is 10.7 Å². The lowest BCUT2D eigenvalue weighted by Gasteiger charge is -2.27. The maximum Gasteiger partial charge on any atom is 0.329 e. The summed E-state index contributed by atoms with van der Waals surface area (Å²) in [4.78, 5) is 23.3. The molecule has 6 nitrogen and oxygen atoms in total. The Balaban J connectivity index is 2.22. The van der Waals surface area contributed by atoms with Crippen LogP contribution in [0, 0.1) is 0 Å². The first-order valence-electron chi connectivity index (χ1n) is 8.91. The smallest absolute Gasteiger partial charge is 0.329 e. The number of aromatic hydroxyl groups is 1. The van der Waals surface area contributed by atoms with E-state index in [1.165, 1.54) is 6.21 Å². The molecule has 0 spiro atoms. The maximum absolute atomic E-state index is 11.7. The van der Waals surface area contributed by atoms with Gasteiger partial charge in [-0.15, -0.1) is 0 Å². The molecule has 1 aliphatic rings. The molecule has 0 heterocycles. The Kier molecular flexibility index (Phi) is 5.44. The van der Waals surface area contributed by atoms with E-state index in [4.69, 9.17) is 0 Å². The molecule has 0 saturated heterocycles. The third-order valence-corrected chi connectivity index (χ3v) is 4.25. The van der Waals surface area contributed by atoms with Gasteiger partial charge in [0.1, 0.15) is 5.75 Å². The minimum atomic E-state index is -0.779. The zero-order chi connectivity index (χ0) is 19.7. The van der Waals surface area contributed by atoms with E-state index in [-0.39, 0.29) is 22.6 Å². The van der Waals surface area contributed by atoms with Gasteiger partial charge in [0.15, 0.2) is 0 Å². The molecule has 1 fully saturated rings. The Bertz CT molecular complexity index is 701. The van der Waals surface area contributed by atoms with Gasteiger partial charge in [0.2, 0.25) is 0 Å². The van der Waals surface area contributed by atoms with E-state index in [0.717, 1.165) is 29.5 Å². The molecule has 6 heteroatoms. The third kappa shape index (κ3) is 5.07. The first kappa shape index (κ1) is 19.9. The Labute approximate surface area is 155 Å². The minimum Gasteiger partial charge on any atom is -0.507 e. The van der Waals surface area contributed by atoms with Crippen molar-refractivity contribution in [1.29, 1.82) is 0 Å². The number of nitrogens with one attached hydrogen (secondary N) is 2.